The molecule has 2 aromatic heterocycles. The van der Waals surface area contributed by atoms with E-state index in [4.69, 9.17) is 8.83 Å². The minimum atomic E-state index is -0.595. The molecule has 0 spiro atoms. The summed E-state index contributed by atoms with van der Waals surface area (Å²) in [6.07, 6.45) is 2.81. The molecule has 24 heavy (non-hydrogen) atoms. The number of likely N-dealkylation sites (tertiary alicyclic amines) is 1. The van der Waals surface area contributed by atoms with Crippen molar-refractivity contribution in [3.63, 3.8) is 0 Å². The fourth-order valence-corrected chi connectivity index (χ4v) is 3.05. The minimum Gasteiger partial charge on any atom is -0.472 e. The van der Waals surface area contributed by atoms with Crippen LogP contribution in [0.1, 0.15) is 24.3 Å². The van der Waals surface area contributed by atoms with E-state index in [1.165, 1.54) is 0 Å². The van der Waals surface area contributed by atoms with Gasteiger partial charge in [-0.2, -0.15) is 0 Å². The number of carbonyl (C=O) groups excluding carboxylic acids is 1. The number of aryl methyl sites for hydroxylation is 1. The first kappa shape index (κ1) is 16.7. The van der Waals surface area contributed by atoms with Gasteiger partial charge < -0.3 is 18.8 Å². The number of hydrogen-bond donors (Lipinski definition) is 1. The summed E-state index contributed by atoms with van der Waals surface area (Å²) in [5, 5.41) is 18.2. The van der Waals surface area contributed by atoms with Gasteiger partial charge in [-0.15, -0.1) is 10.2 Å². The number of likely N-dealkylation sites (N-methyl/N-ethyl adjacent to an activating group) is 1. The van der Waals surface area contributed by atoms with Crippen molar-refractivity contribution in [3.8, 4) is 0 Å². The highest BCUT2D eigenvalue weighted by atomic mass is 16.4. The van der Waals surface area contributed by atoms with E-state index in [1.54, 1.807) is 30.4 Å². The third-order valence-corrected chi connectivity index (χ3v) is 4.33. The number of furan rings is 1. The van der Waals surface area contributed by atoms with Crippen LogP contribution in [0.4, 0.5) is 0 Å². The van der Waals surface area contributed by atoms with E-state index in [2.05, 4.69) is 15.1 Å². The maximum absolute atomic E-state index is 12.4. The number of aliphatic hydroxyl groups is 1. The molecule has 8 nitrogen and oxygen atoms in total. The van der Waals surface area contributed by atoms with Crippen molar-refractivity contribution in [2.75, 3.05) is 19.6 Å². The SMILES string of the molecule is CCN(Cc1nnc(C)o1)C1CN(C(=O)Cc2ccoc2)C[C@H]1O. The zero-order valence-corrected chi connectivity index (χ0v) is 13.9. The third-order valence-electron chi connectivity index (χ3n) is 4.33. The normalized spacial score (nSPS) is 20.9. The van der Waals surface area contributed by atoms with Crippen LogP contribution in [0.2, 0.25) is 0 Å². The fraction of sp³-hybridized carbons (Fsp3) is 0.562. The maximum Gasteiger partial charge on any atom is 0.230 e. The molecule has 2 atom stereocenters. The van der Waals surface area contributed by atoms with Gasteiger partial charge in [-0.1, -0.05) is 6.92 Å². The third kappa shape index (κ3) is 3.65. The van der Waals surface area contributed by atoms with Crippen molar-refractivity contribution < 1.29 is 18.7 Å². The van der Waals surface area contributed by atoms with Crippen LogP contribution in [0.5, 0.6) is 0 Å². The van der Waals surface area contributed by atoms with E-state index in [9.17, 15) is 9.90 Å². The Morgan fingerprint density at radius 2 is 2.29 bits per heavy atom. The Kier molecular flexibility index (Phi) is 4.96. The minimum absolute atomic E-state index is 0.0114. The van der Waals surface area contributed by atoms with Gasteiger partial charge >= 0.3 is 0 Å². The van der Waals surface area contributed by atoms with Crippen molar-refractivity contribution in [2.24, 2.45) is 0 Å². The Morgan fingerprint density at radius 3 is 2.92 bits per heavy atom. The second-order valence-electron chi connectivity index (χ2n) is 6.02. The van der Waals surface area contributed by atoms with Crippen LogP contribution < -0.4 is 0 Å². The number of aromatic nitrogens is 2. The molecule has 2 aromatic rings. The summed E-state index contributed by atoms with van der Waals surface area (Å²) < 4.78 is 10.4. The second kappa shape index (κ2) is 7.14. The van der Waals surface area contributed by atoms with Gasteiger partial charge in [-0.25, -0.2) is 0 Å². The highest BCUT2D eigenvalue weighted by molar-refractivity contribution is 5.79. The number of hydrogen-bond acceptors (Lipinski definition) is 7. The molecular weight excluding hydrogens is 312 g/mol. The zero-order valence-electron chi connectivity index (χ0n) is 13.9. The molecule has 8 heteroatoms. The molecule has 1 unspecified atom stereocenters. The van der Waals surface area contributed by atoms with Crippen LogP contribution in [0.3, 0.4) is 0 Å². The molecule has 0 aromatic carbocycles. The summed E-state index contributed by atoms with van der Waals surface area (Å²) >= 11 is 0. The number of amides is 1. The molecule has 0 bridgehead atoms. The lowest BCUT2D eigenvalue weighted by atomic mass is 10.2. The zero-order chi connectivity index (χ0) is 17.1. The molecule has 130 valence electrons. The number of carbonyl (C=O) groups is 1. The largest absolute Gasteiger partial charge is 0.472 e. The molecule has 1 saturated heterocycles. The van der Waals surface area contributed by atoms with Gasteiger partial charge in [0.05, 0.1) is 37.6 Å². The molecule has 1 N–H and O–H groups in total. The summed E-state index contributed by atoms with van der Waals surface area (Å²) in [5.74, 6) is 1.03. The van der Waals surface area contributed by atoms with Crippen LogP contribution in [0, 0.1) is 6.92 Å². The number of rotatable bonds is 6. The molecule has 3 rings (SSSR count). The summed E-state index contributed by atoms with van der Waals surface area (Å²) in [5.41, 5.74) is 0.839. The van der Waals surface area contributed by atoms with Gasteiger partial charge in [0.1, 0.15) is 0 Å². The van der Waals surface area contributed by atoms with Crippen molar-refractivity contribution in [2.45, 2.75) is 39.0 Å². The smallest absolute Gasteiger partial charge is 0.230 e. The molecule has 1 aliphatic heterocycles. The van der Waals surface area contributed by atoms with Crippen LogP contribution in [0.25, 0.3) is 0 Å². The predicted molar refractivity (Wildman–Crippen MR) is 83.9 cm³/mol. The monoisotopic (exact) mass is 334 g/mol. The second-order valence-corrected chi connectivity index (χ2v) is 6.02. The highest BCUT2D eigenvalue weighted by Gasteiger charge is 2.37. The fourth-order valence-electron chi connectivity index (χ4n) is 3.05. The van der Waals surface area contributed by atoms with Gasteiger partial charge in [0.25, 0.3) is 0 Å². The van der Waals surface area contributed by atoms with E-state index in [0.29, 0.717) is 38.0 Å². The Hall–Kier alpha value is -2.19. The van der Waals surface area contributed by atoms with Crippen molar-refractivity contribution in [1.82, 2.24) is 20.0 Å². The first-order chi connectivity index (χ1) is 11.6. The van der Waals surface area contributed by atoms with E-state index in [-0.39, 0.29) is 18.4 Å². The van der Waals surface area contributed by atoms with E-state index >= 15 is 0 Å². The number of aliphatic hydroxyl groups excluding tert-OH is 1. The molecule has 1 aliphatic rings. The number of β-amino-alcohol motifs (C(OH)–C–C–N with tert-alkyl or cyclic N) is 1. The maximum atomic E-state index is 12.4. The predicted octanol–water partition coefficient (Wildman–Crippen LogP) is 0.607. The Bertz CT molecular complexity index is 669. The number of nitrogens with zero attached hydrogens (tertiary/aromatic N) is 4. The van der Waals surface area contributed by atoms with Gasteiger partial charge in [-0.05, 0) is 18.2 Å². The average molecular weight is 334 g/mol. The summed E-state index contributed by atoms with van der Waals surface area (Å²) in [6, 6.07) is 1.63. The van der Waals surface area contributed by atoms with Gasteiger partial charge in [-0.3, -0.25) is 9.69 Å². The lowest BCUT2D eigenvalue weighted by Crippen LogP contribution is -2.43. The van der Waals surface area contributed by atoms with Crippen LogP contribution in [-0.2, 0) is 17.8 Å². The lowest BCUT2D eigenvalue weighted by Gasteiger charge is -2.27. The average Bonchev–Trinajstić information content (AvgIpc) is 3.27. The molecule has 0 radical (unpaired) electrons. The molecule has 1 fully saturated rings. The Morgan fingerprint density at radius 1 is 1.46 bits per heavy atom. The molecule has 0 saturated carbocycles. The summed E-state index contributed by atoms with van der Waals surface area (Å²) in [6.45, 7) is 5.74. The van der Waals surface area contributed by atoms with Crippen LogP contribution in [-0.4, -0.2) is 62.8 Å². The van der Waals surface area contributed by atoms with Crippen molar-refractivity contribution in [3.05, 3.63) is 35.9 Å². The van der Waals surface area contributed by atoms with E-state index in [1.807, 2.05) is 6.92 Å². The van der Waals surface area contributed by atoms with E-state index < -0.39 is 6.10 Å². The molecule has 0 aliphatic carbocycles. The van der Waals surface area contributed by atoms with Gasteiger partial charge in [0.15, 0.2) is 0 Å². The van der Waals surface area contributed by atoms with Crippen LogP contribution in [0.15, 0.2) is 27.4 Å². The van der Waals surface area contributed by atoms with E-state index in [0.717, 1.165) is 5.56 Å². The van der Waals surface area contributed by atoms with Gasteiger partial charge in [0.2, 0.25) is 17.7 Å². The quantitative estimate of drug-likeness (QED) is 0.826. The molecule has 3 heterocycles. The van der Waals surface area contributed by atoms with Crippen molar-refractivity contribution in [1.29, 1.82) is 0 Å². The topological polar surface area (TPSA) is 95.8 Å². The Balaban J connectivity index is 1.62. The standard InChI is InChI=1S/C16H22N4O4/c1-3-19(9-15-18-17-11(2)24-15)13-7-20(8-14(13)21)16(22)6-12-4-5-23-10-12/h4-5,10,13-14,21H,3,6-9H2,1-2H3/t13?,14-/m1/s1. The first-order valence-electron chi connectivity index (χ1n) is 8.06. The van der Waals surface area contributed by atoms with Gasteiger partial charge in [0, 0.05) is 20.0 Å². The highest BCUT2D eigenvalue weighted by Crippen LogP contribution is 2.19. The first-order valence-corrected chi connectivity index (χ1v) is 8.06. The lowest BCUT2D eigenvalue weighted by molar-refractivity contribution is -0.129. The molecular formula is C16H22N4O4. The van der Waals surface area contributed by atoms with Crippen LogP contribution >= 0.6 is 0 Å². The van der Waals surface area contributed by atoms with Crippen molar-refractivity contribution >= 4 is 5.91 Å². The summed E-state index contributed by atoms with van der Waals surface area (Å²) in [4.78, 5) is 16.1. The molecule has 1 amide bonds. The Labute approximate surface area is 140 Å². The summed E-state index contributed by atoms with van der Waals surface area (Å²) in [7, 11) is 0.